The summed E-state index contributed by atoms with van der Waals surface area (Å²) >= 11 is 6.14. The van der Waals surface area contributed by atoms with Crippen molar-refractivity contribution in [3.63, 3.8) is 0 Å². The monoisotopic (exact) mass is 409 g/mol. The number of aromatic nitrogens is 2. The van der Waals surface area contributed by atoms with Crippen LogP contribution in [0, 0.1) is 0 Å². The third-order valence-electron chi connectivity index (χ3n) is 4.30. The molecular weight excluding hydrogens is 390 g/mol. The van der Waals surface area contributed by atoms with Gasteiger partial charge in [-0.3, -0.25) is 9.59 Å². The van der Waals surface area contributed by atoms with Gasteiger partial charge in [-0.05, 0) is 30.2 Å². The summed E-state index contributed by atoms with van der Waals surface area (Å²) in [6.45, 7) is 0.454. The number of halogens is 1. The highest BCUT2D eigenvalue weighted by atomic mass is 35.5. The van der Waals surface area contributed by atoms with Gasteiger partial charge in [0, 0.05) is 29.7 Å². The molecule has 0 spiro atoms. The molecule has 1 aromatic heterocycles. The molecule has 148 valence electrons. The summed E-state index contributed by atoms with van der Waals surface area (Å²) < 4.78 is 0. The van der Waals surface area contributed by atoms with Crippen molar-refractivity contribution in [3.8, 4) is 11.3 Å². The van der Waals surface area contributed by atoms with Gasteiger partial charge in [0.25, 0.3) is 11.8 Å². The number of carbonyl (C=O) groups is 2. The highest BCUT2D eigenvalue weighted by molar-refractivity contribution is 6.31. The van der Waals surface area contributed by atoms with Crippen LogP contribution in [0.5, 0.6) is 0 Å². The van der Waals surface area contributed by atoms with E-state index in [4.69, 9.17) is 17.3 Å². The molecule has 7 nitrogen and oxygen atoms in total. The van der Waals surface area contributed by atoms with Crippen LogP contribution in [-0.2, 0) is 6.42 Å². The van der Waals surface area contributed by atoms with Gasteiger partial charge < -0.3 is 16.4 Å². The molecule has 0 aliphatic carbocycles. The van der Waals surface area contributed by atoms with Crippen molar-refractivity contribution in [2.45, 2.75) is 6.42 Å². The Labute approximate surface area is 173 Å². The van der Waals surface area contributed by atoms with E-state index in [1.54, 1.807) is 24.3 Å². The maximum Gasteiger partial charge on any atom is 0.273 e. The first-order valence-corrected chi connectivity index (χ1v) is 9.34. The number of hydrogen-bond donors (Lipinski definition) is 3. The fourth-order valence-corrected chi connectivity index (χ4v) is 2.99. The van der Waals surface area contributed by atoms with Crippen LogP contribution in [0.4, 0.5) is 5.82 Å². The quantitative estimate of drug-likeness (QED) is 0.579. The summed E-state index contributed by atoms with van der Waals surface area (Å²) in [5.74, 6) is -0.597. The van der Waals surface area contributed by atoms with E-state index in [1.165, 1.54) is 13.2 Å². The SMILES string of the molecule is CNC(=O)c1nc(-c2cccc(C(=O)NCCc3ccccc3Cl)c2)cnc1N. The summed E-state index contributed by atoms with van der Waals surface area (Å²) in [6, 6.07) is 14.5. The Morgan fingerprint density at radius 2 is 1.90 bits per heavy atom. The van der Waals surface area contributed by atoms with Gasteiger partial charge in [0.1, 0.15) is 0 Å². The average molecular weight is 410 g/mol. The molecule has 0 bridgehead atoms. The zero-order valence-electron chi connectivity index (χ0n) is 15.8. The second-order valence-electron chi connectivity index (χ2n) is 6.25. The molecule has 2 aromatic carbocycles. The fraction of sp³-hybridized carbons (Fsp3) is 0.143. The van der Waals surface area contributed by atoms with Gasteiger partial charge in [0.05, 0.1) is 11.9 Å². The number of anilines is 1. The van der Waals surface area contributed by atoms with Gasteiger partial charge in [-0.25, -0.2) is 9.97 Å². The average Bonchev–Trinajstić information content (AvgIpc) is 2.75. The number of nitrogens with zero attached hydrogens (tertiary/aromatic N) is 2. The van der Waals surface area contributed by atoms with Gasteiger partial charge >= 0.3 is 0 Å². The lowest BCUT2D eigenvalue weighted by Gasteiger charge is -2.09. The number of hydrogen-bond acceptors (Lipinski definition) is 5. The second kappa shape index (κ2) is 9.16. The fourth-order valence-electron chi connectivity index (χ4n) is 2.76. The van der Waals surface area contributed by atoms with Crippen molar-refractivity contribution in [3.05, 3.63) is 76.6 Å². The summed E-state index contributed by atoms with van der Waals surface area (Å²) in [5.41, 5.74) is 8.32. The summed E-state index contributed by atoms with van der Waals surface area (Å²) in [4.78, 5) is 32.7. The van der Waals surface area contributed by atoms with Crippen molar-refractivity contribution in [2.75, 3.05) is 19.3 Å². The number of benzene rings is 2. The smallest absolute Gasteiger partial charge is 0.273 e. The Bertz CT molecular complexity index is 1050. The molecule has 0 saturated carbocycles. The van der Waals surface area contributed by atoms with Crippen molar-refractivity contribution >= 4 is 29.2 Å². The number of nitrogens with two attached hydrogens (primary N) is 1. The number of carbonyl (C=O) groups excluding carboxylic acids is 2. The maximum atomic E-state index is 12.5. The summed E-state index contributed by atoms with van der Waals surface area (Å²) in [7, 11) is 1.49. The van der Waals surface area contributed by atoms with Gasteiger partial charge in [-0.2, -0.15) is 0 Å². The number of rotatable bonds is 6. The van der Waals surface area contributed by atoms with Crippen LogP contribution in [0.1, 0.15) is 26.4 Å². The van der Waals surface area contributed by atoms with Crippen LogP contribution in [0.15, 0.2) is 54.7 Å². The Morgan fingerprint density at radius 1 is 1.10 bits per heavy atom. The predicted octanol–water partition coefficient (Wildman–Crippen LogP) is 2.71. The molecule has 4 N–H and O–H groups in total. The third-order valence-corrected chi connectivity index (χ3v) is 4.67. The van der Waals surface area contributed by atoms with Crippen molar-refractivity contribution < 1.29 is 9.59 Å². The molecule has 29 heavy (non-hydrogen) atoms. The first kappa shape index (κ1) is 20.3. The Kier molecular flexibility index (Phi) is 6.41. The van der Waals surface area contributed by atoms with Gasteiger partial charge in [-0.15, -0.1) is 0 Å². The van der Waals surface area contributed by atoms with E-state index < -0.39 is 5.91 Å². The van der Waals surface area contributed by atoms with Gasteiger partial charge in [-0.1, -0.05) is 41.9 Å². The van der Waals surface area contributed by atoms with Crippen LogP contribution < -0.4 is 16.4 Å². The normalized spacial score (nSPS) is 10.4. The lowest BCUT2D eigenvalue weighted by Crippen LogP contribution is -2.25. The van der Waals surface area contributed by atoms with E-state index in [1.807, 2.05) is 24.3 Å². The maximum absolute atomic E-state index is 12.5. The minimum Gasteiger partial charge on any atom is -0.382 e. The van der Waals surface area contributed by atoms with Gasteiger partial charge in [0.15, 0.2) is 11.5 Å². The van der Waals surface area contributed by atoms with Crippen molar-refractivity contribution in [1.82, 2.24) is 20.6 Å². The van der Waals surface area contributed by atoms with Crippen molar-refractivity contribution in [2.24, 2.45) is 0 Å². The lowest BCUT2D eigenvalue weighted by molar-refractivity contribution is 0.0948. The number of amides is 2. The molecule has 0 aliphatic rings. The predicted molar refractivity (Wildman–Crippen MR) is 113 cm³/mol. The van der Waals surface area contributed by atoms with Crippen LogP contribution in [0.25, 0.3) is 11.3 Å². The molecule has 0 aliphatic heterocycles. The Hall–Kier alpha value is -3.45. The Balaban J connectivity index is 1.73. The molecule has 0 fully saturated rings. The van der Waals surface area contributed by atoms with E-state index in [0.717, 1.165) is 5.56 Å². The minimum absolute atomic E-state index is 0.0413. The summed E-state index contributed by atoms with van der Waals surface area (Å²) in [5, 5.41) is 6.04. The lowest BCUT2D eigenvalue weighted by atomic mass is 10.1. The molecule has 3 rings (SSSR count). The molecule has 8 heteroatoms. The first-order chi connectivity index (χ1) is 14.0. The molecule has 2 amide bonds. The molecule has 0 unspecified atom stereocenters. The zero-order chi connectivity index (χ0) is 20.8. The van der Waals surface area contributed by atoms with E-state index in [-0.39, 0.29) is 17.4 Å². The largest absolute Gasteiger partial charge is 0.382 e. The number of nitrogen functional groups attached to an aromatic ring is 1. The molecule has 0 atom stereocenters. The molecule has 0 saturated heterocycles. The van der Waals surface area contributed by atoms with E-state index in [2.05, 4.69) is 20.6 Å². The minimum atomic E-state index is -0.426. The summed E-state index contributed by atoms with van der Waals surface area (Å²) in [6.07, 6.45) is 2.10. The Morgan fingerprint density at radius 3 is 2.66 bits per heavy atom. The third kappa shape index (κ3) is 4.89. The molecule has 0 radical (unpaired) electrons. The van der Waals surface area contributed by atoms with Crippen molar-refractivity contribution in [1.29, 1.82) is 0 Å². The topological polar surface area (TPSA) is 110 Å². The van der Waals surface area contributed by atoms with E-state index in [0.29, 0.717) is 34.8 Å². The first-order valence-electron chi connectivity index (χ1n) is 8.96. The van der Waals surface area contributed by atoms with E-state index >= 15 is 0 Å². The van der Waals surface area contributed by atoms with Gasteiger partial charge in [0.2, 0.25) is 0 Å². The van der Waals surface area contributed by atoms with E-state index in [9.17, 15) is 9.59 Å². The second-order valence-corrected chi connectivity index (χ2v) is 6.65. The number of nitrogens with one attached hydrogen (secondary N) is 2. The molecular formula is C21H20ClN5O2. The molecule has 1 heterocycles. The van der Waals surface area contributed by atoms with Crippen LogP contribution in [0.3, 0.4) is 0 Å². The molecule has 3 aromatic rings. The van der Waals surface area contributed by atoms with Crippen LogP contribution in [0.2, 0.25) is 5.02 Å². The van der Waals surface area contributed by atoms with Crippen LogP contribution >= 0.6 is 11.6 Å². The van der Waals surface area contributed by atoms with Crippen LogP contribution in [-0.4, -0.2) is 35.4 Å². The highest BCUT2D eigenvalue weighted by Crippen LogP contribution is 2.20. The standard InChI is InChI=1S/C21H20ClN5O2/c1-24-21(29)18-19(23)26-12-17(27-18)14-6-4-7-15(11-14)20(28)25-10-9-13-5-2-3-8-16(13)22/h2-8,11-12H,9-10H2,1H3,(H2,23,26)(H,24,29)(H,25,28). The zero-order valence-corrected chi connectivity index (χ0v) is 16.5. The highest BCUT2D eigenvalue weighted by Gasteiger charge is 2.14.